The van der Waals surface area contributed by atoms with Gasteiger partial charge in [0.15, 0.2) is 0 Å². The van der Waals surface area contributed by atoms with Crippen LogP contribution in [-0.2, 0) is 17.4 Å². The second-order valence-corrected chi connectivity index (χ2v) is 9.89. The number of ketones is 1. The molecule has 2 atom stereocenters. The van der Waals surface area contributed by atoms with Gasteiger partial charge < -0.3 is 10.2 Å². The third-order valence-electron chi connectivity index (χ3n) is 7.42. The van der Waals surface area contributed by atoms with Crippen molar-refractivity contribution in [1.82, 2.24) is 5.43 Å². The van der Waals surface area contributed by atoms with Crippen LogP contribution in [0.2, 0.25) is 0 Å². The van der Waals surface area contributed by atoms with Crippen LogP contribution in [0.5, 0.6) is 5.75 Å². The molecule has 1 saturated heterocycles. The monoisotopic (exact) mass is 560 g/mol. The number of rotatable bonds is 5. The number of carbonyl (C=O) groups excluding carboxylic acids is 1. The number of benzene rings is 3. The SMILES string of the molecule is O=C(O)c1cccc(-c2cccc(N3NC34C=CC3=C(C4=O)C(Cc4ccc(C(F)(F)F)cc4)[N+](=O)C=C3)c2O)c1. The number of para-hydroxylation sites is 1. The molecule has 206 valence electrons. The molecule has 11 heteroatoms. The molecule has 6 rings (SSSR count). The maximum absolute atomic E-state index is 13.9. The molecule has 8 nitrogen and oxygen atoms in total. The van der Waals surface area contributed by atoms with Gasteiger partial charge in [-0.25, -0.2) is 4.79 Å². The van der Waals surface area contributed by atoms with Crippen molar-refractivity contribution in [2.45, 2.75) is 24.3 Å². The fourth-order valence-corrected chi connectivity index (χ4v) is 5.26. The summed E-state index contributed by atoms with van der Waals surface area (Å²) in [5, 5.41) is 22.0. The van der Waals surface area contributed by atoms with Crippen molar-refractivity contribution in [3.05, 3.63) is 124 Å². The normalized spacial score (nSPS) is 21.4. The van der Waals surface area contributed by atoms with Gasteiger partial charge in [-0.15, -0.1) is 0 Å². The van der Waals surface area contributed by atoms with Gasteiger partial charge in [-0.3, -0.25) is 9.80 Å². The van der Waals surface area contributed by atoms with Gasteiger partial charge in [-0.05, 0) is 53.1 Å². The summed E-state index contributed by atoms with van der Waals surface area (Å²) in [6.45, 7) is 0. The highest BCUT2D eigenvalue weighted by atomic mass is 19.4. The van der Waals surface area contributed by atoms with E-state index in [1.807, 2.05) is 0 Å². The smallest absolute Gasteiger partial charge is 0.416 e. The average Bonchev–Trinajstić information content (AvgIpc) is 3.67. The lowest BCUT2D eigenvalue weighted by Gasteiger charge is -2.23. The molecule has 0 aromatic heterocycles. The van der Waals surface area contributed by atoms with Gasteiger partial charge in [0.05, 0.1) is 22.4 Å². The number of hydrogen-bond acceptors (Lipinski definition) is 6. The number of aromatic carboxylic acids is 1. The maximum atomic E-state index is 13.9. The number of phenols is 1. The Morgan fingerprint density at radius 1 is 1.05 bits per heavy atom. The van der Waals surface area contributed by atoms with E-state index >= 15 is 0 Å². The van der Waals surface area contributed by atoms with Gasteiger partial charge in [0.1, 0.15) is 5.75 Å². The molecule has 3 aromatic rings. The fraction of sp³-hybridized carbons (Fsp3) is 0.133. The molecule has 0 radical (unpaired) electrons. The summed E-state index contributed by atoms with van der Waals surface area (Å²) in [7, 11) is 0. The van der Waals surface area contributed by atoms with Crippen molar-refractivity contribution in [3.63, 3.8) is 0 Å². The van der Waals surface area contributed by atoms with Crippen molar-refractivity contribution in [1.29, 1.82) is 0 Å². The van der Waals surface area contributed by atoms with Gasteiger partial charge in [-0.2, -0.15) is 18.6 Å². The number of carboxylic acid groups (broad SMARTS) is 1. The zero-order valence-electron chi connectivity index (χ0n) is 21.1. The van der Waals surface area contributed by atoms with Crippen LogP contribution in [0, 0.1) is 4.91 Å². The average molecular weight is 561 g/mol. The molecule has 41 heavy (non-hydrogen) atoms. The van der Waals surface area contributed by atoms with Gasteiger partial charge in [0.25, 0.3) is 0 Å². The number of Topliss-reactive ketones (excluding diaryl/α,β-unsaturated/α-hetero) is 1. The molecule has 2 unspecified atom stereocenters. The Morgan fingerprint density at radius 3 is 2.49 bits per heavy atom. The number of alkyl halides is 3. The van der Waals surface area contributed by atoms with Gasteiger partial charge in [-0.1, -0.05) is 42.5 Å². The predicted octanol–water partition coefficient (Wildman–Crippen LogP) is 5.15. The molecule has 3 aliphatic rings. The number of hydrazine groups is 1. The number of nitrogens with zero attached hydrogens (tertiary/aromatic N) is 2. The van der Waals surface area contributed by atoms with Gasteiger partial charge >= 0.3 is 12.1 Å². The number of aromatic hydroxyl groups is 1. The van der Waals surface area contributed by atoms with E-state index < -0.39 is 35.2 Å². The van der Waals surface area contributed by atoms with Crippen LogP contribution >= 0.6 is 0 Å². The minimum atomic E-state index is -4.49. The lowest BCUT2D eigenvalue weighted by Crippen LogP contribution is -2.41. The molecule has 3 N–H and O–H groups in total. The number of nitroso groups, excluding NO2 is 1. The van der Waals surface area contributed by atoms with Crippen LogP contribution in [0.3, 0.4) is 0 Å². The van der Waals surface area contributed by atoms with E-state index in [4.69, 9.17) is 0 Å². The molecular formula is C30H21F3N3O5+. The quantitative estimate of drug-likeness (QED) is 0.292. The van der Waals surface area contributed by atoms with Crippen LogP contribution in [0.25, 0.3) is 11.1 Å². The first-order chi connectivity index (χ1) is 19.5. The second kappa shape index (κ2) is 9.27. The Labute approximate surface area is 230 Å². The first kappa shape index (κ1) is 26.2. The third-order valence-corrected chi connectivity index (χ3v) is 7.42. The van der Waals surface area contributed by atoms with E-state index in [0.29, 0.717) is 27.0 Å². The summed E-state index contributed by atoms with van der Waals surface area (Å²) < 4.78 is 39.6. The summed E-state index contributed by atoms with van der Waals surface area (Å²) in [4.78, 5) is 38.2. The number of anilines is 1. The van der Waals surface area contributed by atoms with Crippen LogP contribution in [-0.4, -0.2) is 38.4 Å². The first-order valence-electron chi connectivity index (χ1n) is 12.5. The molecule has 3 aromatic carbocycles. The highest BCUT2D eigenvalue weighted by Crippen LogP contribution is 2.47. The highest BCUT2D eigenvalue weighted by Gasteiger charge is 2.62. The minimum absolute atomic E-state index is 0.00111. The van der Waals surface area contributed by atoms with E-state index in [2.05, 4.69) is 5.43 Å². The Morgan fingerprint density at radius 2 is 1.78 bits per heavy atom. The van der Waals surface area contributed by atoms with Crippen molar-refractivity contribution < 1.29 is 37.7 Å². The summed E-state index contributed by atoms with van der Waals surface area (Å²) in [5.74, 6) is -1.73. The highest BCUT2D eigenvalue weighted by molar-refractivity contribution is 6.12. The molecule has 1 aliphatic carbocycles. The molecule has 0 saturated carbocycles. The zero-order chi connectivity index (χ0) is 29.1. The Bertz CT molecular complexity index is 1730. The number of carbonyl (C=O) groups is 2. The summed E-state index contributed by atoms with van der Waals surface area (Å²) >= 11 is 0. The van der Waals surface area contributed by atoms with Crippen molar-refractivity contribution >= 4 is 17.4 Å². The van der Waals surface area contributed by atoms with E-state index in [1.165, 1.54) is 41.6 Å². The van der Waals surface area contributed by atoms with E-state index in [9.17, 15) is 37.9 Å². The first-order valence-corrected chi connectivity index (χ1v) is 12.5. The minimum Gasteiger partial charge on any atom is -0.505 e. The lowest BCUT2D eigenvalue weighted by atomic mass is 9.82. The molecular weight excluding hydrogens is 539 g/mol. The molecule has 1 spiro atoms. The maximum Gasteiger partial charge on any atom is 0.416 e. The molecule has 2 aliphatic heterocycles. The Kier molecular flexibility index (Phi) is 5.93. The number of allylic oxidation sites excluding steroid dienone is 3. The van der Waals surface area contributed by atoms with E-state index in [-0.39, 0.29) is 29.0 Å². The summed E-state index contributed by atoms with van der Waals surface area (Å²) in [5.41, 5.74) is 3.09. The Hall–Kier alpha value is -5.03. The molecule has 2 heterocycles. The zero-order valence-corrected chi connectivity index (χ0v) is 21.1. The van der Waals surface area contributed by atoms with Crippen molar-refractivity contribution in [2.24, 2.45) is 0 Å². The van der Waals surface area contributed by atoms with E-state index in [0.717, 1.165) is 12.1 Å². The van der Waals surface area contributed by atoms with Crippen LogP contribution in [0.1, 0.15) is 21.5 Å². The molecule has 0 bridgehead atoms. The van der Waals surface area contributed by atoms with Gasteiger partial charge in [0.2, 0.25) is 23.7 Å². The summed E-state index contributed by atoms with van der Waals surface area (Å²) in [6, 6.07) is 14.4. The number of hydrogen-bond donors (Lipinski definition) is 3. The number of carboxylic acids is 1. The number of phenolic OH excluding ortho intramolecular Hbond substituents is 1. The van der Waals surface area contributed by atoms with Crippen molar-refractivity contribution in [2.75, 3.05) is 5.01 Å². The molecule has 0 amide bonds. The number of halogens is 3. The van der Waals surface area contributed by atoms with Gasteiger partial charge in [0, 0.05) is 27.7 Å². The van der Waals surface area contributed by atoms with Crippen LogP contribution in [0.4, 0.5) is 18.9 Å². The summed E-state index contributed by atoms with van der Waals surface area (Å²) in [6.07, 6.45) is 1.59. The standard InChI is InChI=1S/C30H20F3N3O5/c31-30(32,33)21-9-7-17(8-10-21)15-24-25-18(12-14-35(24)41)11-13-29(27(25)38)34-36(29)23-6-2-5-22(26(23)37)19-3-1-4-20(16-19)28(39)40/h1-14,16,24,34H,15H2,(H-,37,39,40)/p+1. The lowest BCUT2D eigenvalue weighted by molar-refractivity contribution is -0.511. The topological polar surface area (TPSA) is 120 Å². The van der Waals surface area contributed by atoms with Crippen LogP contribution in [0.15, 0.2) is 102 Å². The van der Waals surface area contributed by atoms with Crippen LogP contribution < -0.4 is 10.4 Å². The largest absolute Gasteiger partial charge is 0.505 e. The third kappa shape index (κ3) is 4.40. The fourth-order valence-electron chi connectivity index (χ4n) is 5.26. The molecule has 1 fully saturated rings. The number of nitrogens with one attached hydrogen (secondary N) is 1. The van der Waals surface area contributed by atoms with Crippen molar-refractivity contribution in [3.8, 4) is 16.9 Å². The Balaban J connectivity index is 1.30. The second-order valence-electron chi connectivity index (χ2n) is 9.89. The predicted molar refractivity (Wildman–Crippen MR) is 142 cm³/mol. The van der Waals surface area contributed by atoms with E-state index in [1.54, 1.807) is 42.5 Å².